The van der Waals surface area contributed by atoms with E-state index in [1.165, 1.54) is 5.56 Å². The van der Waals surface area contributed by atoms with Crippen molar-refractivity contribution in [3.8, 4) is 0 Å². The van der Waals surface area contributed by atoms with Gasteiger partial charge in [-0.2, -0.15) is 0 Å². The quantitative estimate of drug-likeness (QED) is 0.734. The summed E-state index contributed by atoms with van der Waals surface area (Å²) in [6.07, 6.45) is 0.955. The molecule has 2 N–H and O–H groups in total. The molecule has 0 aromatic heterocycles. The molecule has 1 aromatic rings. The van der Waals surface area contributed by atoms with E-state index in [1.807, 2.05) is 24.3 Å². The zero-order valence-corrected chi connectivity index (χ0v) is 7.93. The number of nitrogens with two attached hydrogens (primary N) is 1. The number of benzene rings is 1. The molecule has 1 aromatic carbocycles. The van der Waals surface area contributed by atoms with Crippen molar-refractivity contribution in [3.63, 3.8) is 0 Å². The van der Waals surface area contributed by atoms with E-state index in [0.29, 0.717) is 0 Å². The third-order valence-electron chi connectivity index (χ3n) is 1.57. The van der Waals surface area contributed by atoms with Crippen LogP contribution in [0.5, 0.6) is 0 Å². The highest BCUT2D eigenvalue weighted by molar-refractivity contribution is 5.85. The molecule has 0 saturated carbocycles. The lowest BCUT2D eigenvalue weighted by molar-refractivity contribution is 0.202. The first-order chi connectivity index (χ1) is 5.33. The van der Waals surface area contributed by atoms with Gasteiger partial charge in [0.05, 0.1) is 6.61 Å². The van der Waals surface area contributed by atoms with E-state index in [4.69, 9.17) is 10.5 Å². The first-order valence-corrected chi connectivity index (χ1v) is 3.66. The summed E-state index contributed by atoms with van der Waals surface area (Å²) < 4.78 is 4.94. The summed E-state index contributed by atoms with van der Waals surface area (Å²) in [6.45, 7) is 0.768. The van der Waals surface area contributed by atoms with Crippen molar-refractivity contribution >= 4 is 18.1 Å². The van der Waals surface area contributed by atoms with E-state index in [2.05, 4.69) is 0 Å². The second-order valence-electron chi connectivity index (χ2n) is 2.48. The lowest BCUT2D eigenvalue weighted by atomic mass is 10.1. The van der Waals surface area contributed by atoms with E-state index in [-0.39, 0.29) is 12.4 Å². The number of nitrogen functional groups attached to an aromatic ring is 1. The predicted molar refractivity (Wildman–Crippen MR) is 53.7 cm³/mol. The van der Waals surface area contributed by atoms with Gasteiger partial charge in [-0.05, 0) is 24.1 Å². The molecule has 3 heteroatoms. The van der Waals surface area contributed by atoms with E-state index in [9.17, 15) is 0 Å². The molecule has 0 heterocycles. The molecule has 0 aliphatic rings. The van der Waals surface area contributed by atoms with Crippen molar-refractivity contribution in [2.75, 3.05) is 19.5 Å². The SMILES string of the molecule is COCCc1ccc(N)cc1.Cl. The molecule has 0 bridgehead atoms. The Morgan fingerprint density at radius 2 is 1.83 bits per heavy atom. The summed E-state index contributed by atoms with van der Waals surface area (Å²) in [5.74, 6) is 0. The largest absolute Gasteiger partial charge is 0.399 e. The molecule has 0 unspecified atom stereocenters. The Balaban J connectivity index is 0.00000121. The third-order valence-corrected chi connectivity index (χ3v) is 1.57. The minimum absolute atomic E-state index is 0. The number of hydrogen-bond donors (Lipinski definition) is 1. The zero-order chi connectivity index (χ0) is 8.10. The molecule has 0 saturated heterocycles. The van der Waals surface area contributed by atoms with Crippen molar-refractivity contribution in [1.82, 2.24) is 0 Å². The molecule has 0 fully saturated rings. The van der Waals surface area contributed by atoms with Gasteiger partial charge >= 0.3 is 0 Å². The average Bonchev–Trinajstić information content (AvgIpc) is 2.04. The fraction of sp³-hybridized carbons (Fsp3) is 0.333. The molecule has 1 rings (SSSR count). The molecule has 0 spiro atoms. The van der Waals surface area contributed by atoms with Crippen LogP contribution in [0, 0.1) is 0 Å². The van der Waals surface area contributed by atoms with Gasteiger partial charge in [0, 0.05) is 12.8 Å². The van der Waals surface area contributed by atoms with E-state index in [1.54, 1.807) is 7.11 Å². The minimum atomic E-state index is 0. The van der Waals surface area contributed by atoms with Gasteiger partial charge in [-0.1, -0.05) is 12.1 Å². The van der Waals surface area contributed by atoms with Crippen LogP contribution in [-0.2, 0) is 11.2 Å². The van der Waals surface area contributed by atoms with Crippen LogP contribution in [0.2, 0.25) is 0 Å². The van der Waals surface area contributed by atoms with Gasteiger partial charge in [0.25, 0.3) is 0 Å². The zero-order valence-electron chi connectivity index (χ0n) is 7.12. The molecule has 68 valence electrons. The number of hydrogen-bond acceptors (Lipinski definition) is 2. The van der Waals surface area contributed by atoms with Gasteiger partial charge in [-0.15, -0.1) is 12.4 Å². The number of halogens is 1. The molecule has 0 amide bonds. The maximum atomic E-state index is 5.52. The normalized spacial score (nSPS) is 9.08. The molecule has 0 atom stereocenters. The summed E-state index contributed by atoms with van der Waals surface area (Å²) >= 11 is 0. The summed E-state index contributed by atoms with van der Waals surface area (Å²) in [4.78, 5) is 0. The minimum Gasteiger partial charge on any atom is -0.399 e. The molecule has 0 aliphatic heterocycles. The van der Waals surface area contributed by atoms with Crippen LogP contribution in [0.25, 0.3) is 0 Å². The maximum Gasteiger partial charge on any atom is 0.0502 e. The Bertz CT molecular complexity index is 210. The van der Waals surface area contributed by atoms with Crippen molar-refractivity contribution in [1.29, 1.82) is 0 Å². The van der Waals surface area contributed by atoms with Gasteiger partial charge in [0.15, 0.2) is 0 Å². The smallest absolute Gasteiger partial charge is 0.0502 e. The fourth-order valence-corrected chi connectivity index (χ4v) is 0.904. The Hall–Kier alpha value is -0.730. The molecular formula is C9H14ClNO. The highest BCUT2D eigenvalue weighted by Crippen LogP contribution is 2.05. The first kappa shape index (κ1) is 11.3. The summed E-state index contributed by atoms with van der Waals surface area (Å²) in [6, 6.07) is 7.86. The Morgan fingerprint density at radius 1 is 1.25 bits per heavy atom. The van der Waals surface area contributed by atoms with Crippen molar-refractivity contribution in [3.05, 3.63) is 29.8 Å². The topological polar surface area (TPSA) is 35.2 Å². The Morgan fingerprint density at radius 3 is 2.33 bits per heavy atom. The number of rotatable bonds is 3. The van der Waals surface area contributed by atoms with Crippen LogP contribution in [0.3, 0.4) is 0 Å². The van der Waals surface area contributed by atoms with Crippen LogP contribution >= 0.6 is 12.4 Å². The number of methoxy groups -OCH3 is 1. The molecule has 12 heavy (non-hydrogen) atoms. The first-order valence-electron chi connectivity index (χ1n) is 3.66. The highest BCUT2D eigenvalue weighted by atomic mass is 35.5. The van der Waals surface area contributed by atoms with E-state index < -0.39 is 0 Å². The lowest BCUT2D eigenvalue weighted by Crippen LogP contribution is -1.94. The molecular weight excluding hydrogens is 174 g/mol. The van der Waals surface area contributed by atoms with Gasteiger partial charge in [0.2, 0.25) is 0 Å². The molecule has 2 nitrogen and oxygen atoms in total. The summed E-state index contributed by atoms with van der Waals surface area (Å²) in [5, 5.41) is 0. The Labute approximate surface area is 79.1 Å². The maximum absolute atomic E-state index is 5.52. The highest BCUT2D eigenvalue weighted by Gasteiger charge is 1.90. The van der Waals surface area contributed by atoms with E-state index >= 15 is 0 Å². The standard InChI is InChI=1S/C9H13NO.ClH/c1-11-7-6-8-2-4-9(10)5-3-8;/h2-5H,6-7,10H2,1H3;1H. The molecule has 0 radical (unpaired) electrons. The van der Waals surface area contributed by atoms with Gasteiger partial charge < -0.3 is 10.5 Å². The van der Waals surface area contributed by atoms with Gasteiger partial charge in [-0.3, -0.25) is 0 Å². The van der Waals surface area contributed by atoms with E-state index in [0.717, 1.165) is 18.7 Å². The van der Waals surface area contributed by atoms with Crippen LogP contribution in [0.15, 0.2) is 24.3 Å². The van der Waals surface area contributed by atoms with Crippen molar-refractivity contribution in [2.45, 2.75) is 6.42 Å². The number of ether oxygens (including phenoxy) is 1. The fourth-order valence-electron chi connectivity index (χ4n) is 0.904. The van der Waals surface area contributed by atoms with Crippen molar-refractivity contribution in [2.24, 2.45) is 0 Å². The van der Waals surface area contributed by atoms with Crippen LogP contribution in [0.4, 0.5) is 5.69 Å². The second-order valence-corrected chi connectivity index (χ2v) is 2.48. The Kier molecular flexibility index (Phi) is 5.51. The van der Waals surface area contributed by atoms with Crippen molar-refractivity contribution < 1.29 is 4.74 Å². The second kappa shape index (κ2) is 5.86. The van der Waals surface area contributed by atoms with Crippen LogP contribution in [0.1, 0.15) is 5.56 Å². The molecule has 0 aliphatic carbocycles. The average molecular weight is 188 g/mol. The van der Waals surface area contributed by atoms with Crippen LogP contribution < -0.4 is 5.73 Å². The summed E-state index contributed by atoms with van der Waals surface area (Å²) in [5.41, 5.74) is 7.60. The lowest BCUT2D eigenvalue weighted by Gasteiger charge is -1.99. The number of anilines is 1. The predicted octanol–water partition coefficient (Wildman–Crippen LogP) is 1.88. The van der Waals surface area contributed by atoms with Gasteiger partial charge in [-0.25, -0.2) is 0 Å². The monoisotopic (exact) mass is 187 g/mol. The van der Waals surface area contributed by atoms with Gasteiger partial charge in [0.1, 0.15) is 0 Å². The summed E-state index contributed by atoms with van der Waals surface area (Å²) in [7, 11) is 1.71. The third kappa shape index (κ3) is 3.60. The van der Waals surface area contributed by atoms with Crippen LogP contribution in [-0.4, -0.2) is 13.7 Å².